The van der Waals surface area contributed by atoms with E-state index in [1.165, 1.54) is 13.3 Å². The van der Waals surface area contributed by atoms with Gasteiger partial charge in [0.1, 0.15) is 11.9 Å². The van der Waals surface area contributed by atoms with Gasteiger partial charge in [-0.2, -0.15) is 10.2 Å². The fraction of sp³-hybridized carbons (Fsp3) is 0.320. The van der Waals surface area contributed by atoms with Gasteiger partial charge in [0.25, 0.3) is 0 Å². The maximum absolute atomic E-state index is 13.6. The van der Waals surface area contributed by atoms with Crippen LogP contribution in [0.2, 0.25) is 0 Å². The summed E-state index contributed by atoms with van der Waals surface area (Å²) in [5.41, 5.74) is 4.28. The molecule has 0 aliphatic heterocycles. The summed E-state index contributed by atoms with van der Waals surface area (Å²) in [5, 5.41) is 9.53. The molecule has 1 atom stereocenters. The predicted molar refractivity (Wildman–Crippen MR) is 130 cm³/mol. The van der Waals surface area contributed by atoms with E-state index in [4.69, 9.17) is 9.72 Å². The van der Waals surface area contributed by atoms with Gasteiger partial charge in [-0.05, 0) is 25.3 Å². The van der Waals surface area contributed by atoms with Crippen LogP contribution < -0.4 is 4.74 Å². The summed E-state index contributed by atoms with van der Waals surface area (Å²) < 4.78 is 22.6. The zero-order chi connectivity index (χ0) is 24.8. The smallest absolute Gasteiger partial charge is 0.227 e. The molecular formula is C25H24FN9O. The van der Waals surface area contributed by atoms with Crippen LogP contribution >= 0.6 is 0 Å². The molecule has 182 valence electrons. The summed E-state index contributed by atoms with van der Waals surface area (Å²) in [4.78, 5) is 22.5. The standard InChI is InChI=1S/C25H24FN9O/c1-14(26)21-31-23(34(2)33-21)17-6-4-15(5-7-17)12-35-24-18(11-30-35)10-27-22(32-24)19-20(16-8-9-16)28-13-29-25(19)36-3/h4-7,10-11,13-14,16H,8-9,12H2,1-3H3. The van der Waals surface area contributed by atoms with Gasteiger partial charge in [-0.1, -0.05) is 24.3 Å². The Morgan fingerprint density at radius 1 is 1.08 bits per heavy atom. The first-order valence-corrected chi connectivity index (χ1v) is 11.7. The fourth-order valence-electron chi connectivity index (χ4n) is 4.27. The molecule has 10 nitrogen and oxygen atoms in total. The summed E-state index contributed by atoms with van der Waals surface area (Å²) in [6.07, 6.45) is 6.02. The van der Waals surface area contributed by atoms with Crippen molar-refractivity contribution in [3.8, 4) is 28.7 Å². The average Bonchev–Trinajstić information content (AvgIpc) is 3.56. The third-order valence-corrected chi connectivity index (χ3v) is 6.28. The lowest BCUT2D eigenvalue weighted by Gasteiger charge is -2.11. The van der Waals surface area contributed by atoms with Crippen LogP contribution in [0, 0.1) is 0 Å². The number of rotatable bonds is 7. The molecule has 4 aromatic heterocycles. The molecule has 0 bridgehead atoms. The highest BCUT2D eigenvalue weighted by Crippen LogP contribution is 2.44. The summed E-state index contributed by atoms with van der Waals surface area (Å²) in [5.74, 6) is 2.19. The van der Waals surface area contributed by atoms with Crippen molar-refractivity contribution in [2.45, 2.75) is 38.4 Å². The van der Waals surface area contributed by atoms with Gasteiger partial charge in [0, 0.05) is 24.7 Å². The lowest BCUT2D eigenvalue weighted by molar-refractivity contribution is 0.355. The largest absolute Gasteiger partial charge is 0.480 e. The number of hydrogen-bond acceptors (Lipinski definition) is 8. The van der Waals surface area contributed by atoms with Gasteiger partial charge < -0.3 is 4.74 Å². The molecular weight excluding hydrogens is 461 g/mol. The monoisotopic (exact) mass is 485 g/mol. The molecule has 0 N–H and O–H groups in total. The van der Waals surface area contributed by atoms with E-state index in [0.29, 0.717) is 35.6 Å². The van der Waals surface area contributed by atoms with E-state index in [-0.39, 0.29) is 5.82 Å². The Kier molecular flexibility index (Phi) is 5.39. The van der Waals surface area contributed by atoms with Crippen molar-refractivity contribution in [3.63, 3.8) is 0 Å². The molecule has 11 heteroatoms. The molecule has 0 radical (unpaired) electrons. The third kappa shape index (κ3) is 3.96. The van der Waals surface area contributed by atoms with Crippen molar-refractivity contribution in [3.05, 3.63) is 60.1 Å². The number of benzene rings is 1. The molecule has 6 rings (SSSR count). The van der Waals surface area contributed by atoms with Crippen LogP contribution in [0.25, 0.3) is 33.8 Å². The molecule has 1 saturated carbocycles. The first-order valence-electron chi connectivity index (χ1n) is 11.7. The summed E-state index contributed by atoms with van der Waals surface area (Å²) in [6, 6.07) is 7.90. The molecule has 4 heterocycles. The lowest BCUT2D eigenvalue weighted by atomic mass is 10.1. The predicted octanol–water partition coefficient (Wildman–Crippen LogP) is 4.04. The van der Waals surface area contributed by atoms with E-state index in [0.717, 1.165) is 40.6 Å². The minimum atomic E-state index is -1.22. The van der Waals surface area contributed by atoms with Crippen molar-refractivity contribution < 1.29 is 9.13 Å². The van der Waals surface area contributed by atoms with Crippen molar-refractivity contribution >= 4 is 11.0 Å². The lowest BCUT2D eigenvalue weighted by Crippen LogP contribution is -2.05. The highest BCUT2D eigenvalue weighted by Gasteiger charge is 2.31. The number of halogens is 1. The number of nitrogens with zero attached hydrogens (tertiary/aromatic N) is 9. The van der Waals surface area contributed by atoms with Gasteiger partial charge >= 0.3 is 0 Å². The summed E-state index contributed by atoms with van der Waals surface area (Å²) in [6.45, 7) is 1.95. The Morgan fingerprint density at radius 3 is 2.58 bits per heavy atom. The van der Waals surface area contributed by atoms with Crippen LogP contribution in [0.5, 0.6) is 5.88 Å². The first kappa shape index (κ1) is 22.2. The maximum atomic E-state index is 13.6. The van der Waals surface area contributed by atoms with E-state index in [1.807, 2.05) is 28.9 Å². The van der Waals surface area contributed by atoms with Gasteiger partial charge in [-0.3, -0.25) is 0 Å². The van der Waals surface area contributed by atoms with Gasteiger partial charge in [0.2, 0.25) is 5.88 Å². The molecule has 1 aliphatic carbocycles. The third-order valence-electron chi connectivity index (χ3n) is 6.28. The average molecular weight is 486 g/mol. The van der Waals surface area contributed by atoms with E-state index in [1.54, 1.807) is 31.2 Å². The van der Waals surface area contributed by atoms with Crippen molar-refractivity contribution in [2.75, 3.05) is 7.11 Å². The highest BCUT2D eigenvalue weighted by atomic mass is 19.1. The number of fused-ring (bicyclic) bond motifs is 1. The number of aryl methyl sites for hydroxylation is 1. The second-order valence-electron chi connectivity index (χ2n) is 8.92. The van der Waals surface area contributed by atoms with Crippen LogP contribution in [0.15, 0.2) is 43.0 Å². The summed E-state index contributed by atoms with van der Waals surface area (Å²) in [7, 11) is 3.35. The van der Waals surface area contributed by atoms with Crippen LogP contribution in [-0.2, 0) is 13.6 Å². The van der Waals surface area contributed by atoms with Gasteiger partial charge in [0.15, 0.2) is 29.3 Å². The molecule has 5 aromatic rings. The Hall–Kier alpha value is -4.28. The fourth-order valence-corrected chi connectivity index (χ4v) is 4.27. The second-order valence-corrected chi connectivity index (χ2v) is 8.92. The number of methoxy groups -OCH3 is 1. The molecule has 1 fully saturated rings. The minimum Gasteiger partial charge on any atom is -0.480 e. The molecule has 1 aliphatic rings. The zero-order valence-electron chi connectivity index (χ0n) is 20.1. The Labute approximate surface area is 206 Å². The van der Waals surface area contributed by atoms with Gasteiger partial charge in [-0.15, -0.1) is 0 Å². The van der Waals surface area contributed by atoms with Crippen LogP contribution in [0.3, 0.4) is 0 Å². The molecule has 36 heavy (non-hydrogen) atoms. The first-order chi connectivity index (χ1) is 17.5. The maximum Gasteiger partial charge on any atom is 0.227 e. The SMILES string of the molecule is COc1ncnc(C2CC2)c1-c1ncc2cnn(Cc3ccc(-c4nc(C(C)F)nn4C)cc3)c2n1. The molecule has 1 aromatic carbocycles. The van der Waals surface area contributed by atoms with E-state index >= 15 is 0 Å². The quantitative estimate of drug-likeness (QED) is 0.340. The van der Waals surface area contributed by atoms with Crippen LogP contribution in [0.1, 0.15) is 48.9 Å². The Balaban J connectivity index is 1.32. The molecule has 0 spiro atoms. The van der Waals surface area contributed by atoms with E-state index in [9.17, 15) is 4.39 Å². The van der Waals surface area contributed by atoms with Crippen LogP contribution in [-0.4, -0.2) is 51.6 Å². The molecule has 0 amide bonds. The number of ether oxygens (including phenoxy) is 1. The topological polar surface area (TPSA) is 109 Å². The zero-order valence-corrected chi connectivity index (χ0v) is 20.1. The van der Waals surface area contributed by atoms with E-state index in [2.05, 4.69) is 30.1 Å². The van der Waals surface area contributed by atoms with E-state index < -0.39 is 6.17 Å². The molecule has 0 saturated heterocycles. The number of aromatic nitrogens is 9. The molecule has 1 unspecified atom stereocenters. The minimum absolute atomic E-state index is 0.181. The Bertz CT molecular complexity index is 1550. The van der Waals surface area contributed by atoms with Gasteiger partial charge in [0.05, 0.1) is 30.9 Å². The van der Waals surface area contributed by atoms with Gasteiger partial charge in [-0.25, -0.2) is 38.7 Å². The second kappa shape index (κ2) is 8.74. The number of hydrogen-bond donors (Lipinski definition) is 0. The Morgan fingerprint density at radius 2 is 1.89 bits per heavy atom. The van der Waals surface area contributed by atoms with Crippen LogP contribution in [0.4, 0.5) is 4.39 Å². The van der Waals surface area contributed by atoms with Crippen molar-refractivity contribution in [1.29, 1.82) is 0 Å². The number of alkyl halides is 1. The normalized spacial score (nSPS) is 14.3. The van der Waals surface area contributed by atoms with Crippen molar-refractivity contribution in [2.24, 2.45) is 7.05 Å². The highest BCUT2D eigenvalue weighted by molar-refractivity contribution is 5.77. The van der Waals surface area contributed by atoms with Crippen molar-refractivity contribution in [1.82, 2.24) is 44.5 Å². The summed E-state index contributed by atoms with van der Waals surface area (Å²) >= 11 is 0.